The summed E-state index contributed by atoms with van der Waals surface area (Å²) in [6.07, 6.45) is 5.06. The van der Waals surface area contributed by atoms with Crippen LogP contribution < -0.4 is 5.32 Å². The van der Waals surface area contributed by atoms with Gasteiger partial charge in [0, 0.05) is 37.2 Å². The first-order chi connectivity index (χ1) is 9.75. The van der Waals surface area contributed by atoms with Gasteiger partial charge in [-0.1, -0.05) is 24.4 Å². The summed E-state index contributed by atoms with van der Waals surface area (Å²) in [6, 6.07) is 5.08. The van der Waals surface area contributed by atoms with E-state index in [2.05, 4.69) is 10.2 Å². The lowest BCUT2D eigenvalue weighted by Crippen LogP contribution is -2.46. The van der Waals surface area contributed by atoms with Crippen LogP contribution in [0.2, 0.25) is 5.02 Å². The Morgan fingerprint density at radius 3 is 2.60 bits per heavy atom. The summed E-state index contributed by atoms with van der Waals surface area (Å²) in [5, 5.41) is 4.10. The first-order valence-electron chi connectivity index (χ1n) is 7.65. The first kappa shape index (κ1) is 14.3. The molecule has 0 bridgehead atoms. The fraction of sp³-hybridized carbons (Fsp3) is 0.625. The summed E-state index contributed by atoms with van der Waals surface area (Å²) in [6.45, 7) is 4.06. The van der Waals surface area contributed by atoms with E-state index in [0.717, 1.165) is 31.7 Å². The highest BCUT2D eigenvalue weighted by molar-refractivity contribution is 6.31. The lowest BCUT2D eigenvalue weighted by Gasteiger charge is -2.39. The number of piperazine rings is 1. The zero-order valence-electron chi connectivity index (χ0n) is 11.7. The van der Waals surface area contributed by atoms with Gasteiger partial charge in [-0.25, -0.2) is 4.39 Å². The number of rotatable bonds is 3. The van der Waals surface area contributed by atoms with Crippen molar-refractivity contribution >= 4 is 11.6 Å². The maximum absolute atomic E-state index is 13.7. The standard InChI is InChI=1S/C16H22ClFN2/c17-15-6-5-13(18)11-14(15)16(12-3-1-2-4-12)20-9-7-19-8-10-20/h5-6,11-12,16,19H,1-4,7-10H2/t16-/m0/s1. The van der Waals surface area contributed by atoms with Gasteiger partial charge in [-0.15, -0.1) is 0 Å². The Hall–Kier alpha value is -0.640. The van der Waals surface area contributed by atoms with Crippen LogP contribution in [0.1, 0.15) is 37.3 Å². The highest BCUT2D eigenvalue weighted by Crippen LogP contribution is 2.42. The number of nitrogens with one attached hydrogen (secondary N) is 1. The maximum Gasteiger partial charge on any atom is 0.123 e. The molecule has 1 saturated carbocycles. The molecular formula is C16H22ClFN2. The summed E-state index contributed by atoms with van der Waals surface area (Å²) in [5.74, 6) is 0.440. The molecule has 1 N–H and O–H groups in total. The molecule has 1 aliphatic carbocycles. The van der Waals surface area contributed by atoms with Crippen LogP contribution in [-0.2, 0) is 0 Å². The monoisotopic (exact) mass is 296 g/mol. The van der Waals surface area contributed by atoms with E-state index in [9.17, 15) is 4.39 Å². The average molecular weight is 297 g/mol. The number of hydrogen-bond acceptors (Lipinski definition) is 2. The van der Waals surface area contributed by atoms with Crippen molar-refractivity contribution < 1.29 is 4.39 Å². The quantitative estimate of drug-likeness (QED) is 0.916. The minimum atomic E-state index is -0.178. The van der Waals surface area contributed by atoms with Gasteiger partial charge in [-0.3, -0.25) is 4.90 Å². The van der Waals surface area contributed by atoms with Crippen LogP contribution in [0.25, 0.3) is 0 Å². The van der Waals surface area contributed by atoms with Crippen molar-refractivity contribution in [3.8, 4) is 0 Å². The van der Waals surface area contributed by atoms with Gasteiger partial charge in [0.05, 0.1) is 0 Å². The van der Waals surface area contributed by atoms with Gasteiger partial charge in [0.2, 0.25) is 0 Å². The highest BCUT2D eigenvalue weighted by atomic mass is 35.5. The molecule has 2 nitrogen and oxygen atoms in total. The maximum atomic E-state index is 13.7. The topological polar surface area (TPSA) is 15.3 Å². The van der Waals surface area contributed by atoms with Gasteiger partial charge >= 0.3 is 0 Å². The van der Waals surface area contributed by atoms with E-state index in [0.29, 0.717) is 10.9 Å². The molecule has 1 atom stereocenters. The minimum Gasteiger partial charge on any atom is -0.314 e. The molecule has 1 aromatic rings. The molecule has 0 aromatic heterocycles. The van der Waals surface area contributed by atoms with Crippen LogP contribution in [0.4, 0.5) is 4.39 Å². The van der Waals surface area contributed by atoms with E-state index >= 15 is 0 Å². The fourth-order valence-electron chi connectivity index (χ4n) is 3.72. The van der Waals surface area contributed by atoms with Gasteiger partial charge in [-0.05, 0) is 42.5 Å². The molecule has 1 aliphatic heterocycles. The van der Waals surface area contributed by atoms with Gasteiger partial charge in [-0.2, -0.15) is 0 Å². The fourth-order valence-corrected chi connectivity index (χ4v) is 3.95. The second-order valence-electron chi connectivity index (χ2n) is 5.94. The number of hydrogen-bond donors (Lipinski definition) is 1. The first-order valence-corrected chi connectivity index (χ1v) is 8.03. The molecule has 110 valence electrons. The molecule has 0 radical (unpaired) electrons. The van der Waals surface area contributed by atoms with E-state index in [1.165, 1.54) is 31.7 Å². The molecule has 0 unspecified atom stereocenters. The number of nitrogens with zero attached hydrogens (tertiary/aromatic N) is 1. The van der Waals surface area contributed by atoms with Gasteiger partial charge in [0.25, 0.3) is 0 Å². The van der Waals surface area contributed by atoms with Crippen LogP contribution in [0, 0.1) is 11.7 Å². The minimum absolute atomic E-state index is 0.178. The van der Waals surface area contributed by atoms with Gasteiger partial charge in [0.15, 0.2) is 0 Å². The largest absolute Gasteiger partial charge is 0.314 e. The van der Waals surface area contributed by atoms with Gasteiger partial charge < -0.3 is 5.32 Å². The molecule has 4 heteroatoms. The summed E-state index contributed by atoms with van der Waals surface area (Å²) in [5.41, 5.74) is 0.987. The number of benzene rings is 1. The zero-order chi connectivity index (χ0) is 13.9. The molecule has 0 amide bonds. The van der Waals surface area contributed by atoms with Crippen molar-refractivity contribution in [1.82, 2.24) is 10.2 Å². The molecule has 20 heavy (non-hydrogen) atoms. The van der Waals surface area contributed by atoms with E-state index in [1.54, 1.807) is 12.1 Å². The van der Waals surface area contributed by atoms with E-state index < -0.39 is 0 Å². The molecule has 1 aromatic carbocycles. The van der Waals surface area contributed by atoms with Crippen molar-refractivity contribution in [1.29, 1.82) is 0 Å². The predicted molar refractivity (Wildman–Crippen MR) is 80.6 cm³/mol. The summed E-state index contributed by atoms with van der Waals surface area (Å²) in [7, 11) is 0. The van der Waals surface area contributed by atoms with Crippen LogP contribution in [0.3, 0.4) is 0 Å². The Morgan fingerprint density at radius 2 is 1.90 bits per heavy atom. The van der Waals surface area contributed by atoms with E-state index in [1.807, 2.05) is 0 Å². The normalized spacial score (nSPS) is 23.1. The lowest BCUT2D eigenvalue weighted by atomic mass is 9.89. The van der Waals surface area contributed by atoms with Crippen LogP contribution in [0.5, 0.6) is 0 Å². The molecule has 1 heterocycles. The van der Waals surface area contributed by atoms with Crippen molar-refractivity contribution in [2.75, 3.05) is 26.2 Å². The third kappa shape index (κ3) is 3.00. The molecule has 1 saturated heterocycles. The SMILES string of the molecule is Fc1ccc(Cl)c([C@H](C2CCCC2)N2CCNCC2)c1. The Morgan fingerprint density at radius 1 is 1.20 bits per heavy atom. The molecule has 3 rings (SSSR count). The van der Waals surface area contributed by atoms with Crippen LogP contribution >= 0.6 is 11.6 Å². The third-order valence-electron chi connectivity index (χ3n) is 4.67. The molecule has 2 fully saturated rings. The van der Waals surface area contributed by atoms with Crippen molar-refractivity contribution in [2.45, 2.75) is 31.7 Å². The number of halogens is 2. The molecular weight excluding hydrogens is 275 g/mol. The third-order valence-corrected chi connectivity index (χ3v) is 5.01. The van der Waals surface area contributed by atoms with E-state index in [-0.39, 0.29) is 11.9 Å². The Bertz CT molecular complexity index is 454. The molecule has 2 aliphatic rings. The van der Waals surface area contributed by atoms with Crippen molar-refractivity contribution in [2.24, 2.45) is 5.92 Å². The Labute approximate surface area is 125 Å². The summed E-state index contributed by atoms with van der Waals surface area (Å²) >= 11 is 6.38. The Kier molecular flexibility index (Phi) is 4.59. The molecule has 0 spiro atoms. The van der Waals surface area contributed by atoms with E-state index in [4.69, 9.17) is 11.6 Å². The second-order valence-corrected chi connectivity index (χ2v) is 6.35. The van der Waals surface area contributed by atoms with Crippen molar-refractivity contribution in [3.63, 3.8) is 0 Å². The highest BCUT2D eigenvalue weighted by Gasteiger charge is 2.33. The van der Waals surface area contributed by atoms with Gasteiger partial charge in [0.1, 0.15) is 5.82 Å². The average Bonchev–Trinajstić information content (AvgIpc) is 2.98. The summed E-state index contributed by atoms with van der Waals surface area (Å²) < 4.78 is 13.7. The van der Waals surface area contributed by atoms with Crippen LogP contribution in [-0.4, -0.2) is 31.1 Å². The van der Waals surface area contributed by atoms with Crippen molar-refractivity contribution in [3.05, 3.63) is 34.6 Å². The van der Waals surface area contributed by atoms with Crippen LogP contribution in [0.15, 0.2) is 18.2 Å². The second kappa shape index (κ2) is 6.42. The lowest BCUT2D eigenvalue weighted by molar-refractivity contribution is 0.125. The zero-order valence-corrected chi connectivity index (χ0v) is 12.5. The Balaban J connectivity index is 1.92. The smallest absolute Gasteiger partial charge is 0.123 e. The predicted octanol–water partition coefficient (Wildman–Crippen LogP) is 3.62. The summed E-state index contributed by atoms with van der Waals surface area (Å²) in [4.78, 5) is 2.49.